The zero-order valence-corrected chi connectivity index (χ0v) is 10.2. The molecule has 1 heterocycles. The molecule has 0 atom stereocenters. The third-order valence-corrected chi connectivity index (χ3v) is 2.29. The molecule has 92 valence electrons. The highest BCUT2D eigenvalue weighted by atomic mass is 16.5. The number of benzene rings is 1. The van der Waals surface area contributed by atoms with Gasteiger partial charge in [0, 0.05) is 5.56 Å². The van der Waals surface area contributed by atoms with Gasteiger partial charge in [-0.25, -0.2) is 4.98 Å². The molecule has 0 aliphatic carbocycles. The highest BCUT2D eigenvalue weighted by Crippen LogP contribution is 2.22. The van der Waals surface area contributed by atoms with E-state index < -0.39 is 0 Å². The fourth-order valence-electron chi connectivity index (χ4n) is 1.50. The number of carbonyl (C=O) groups is 1. The number of oxazole rings is 1. The molecule has 0 aliphatic rings. The van der Waals surface area contributed by atoms with Crippen LogP contribution in [-0.2, 0) is 0 Å². The second-order valence-electron chi connectivity index (χ2n) is 4.13. The smallest absolute Gasteiger partial charge is 0.310 e. The lowest BCUT2D eigenvalue weighted by atomic mass is 10.1. The number of ketones is 1. The SMILES string of the molecule is CC(C)=Cc1nc(C(=O)c2ccccc2)oc1O. The summed E-state index contributed by atoms with van der Waals surface area (Å²) >= 11 is 0. The molecule has 1 N–H and O–H groups in total. The third-order valence-electron chi connectivity index (χ3n) is 2.29. The van der Waals surface area contributed by atoms with E-state index in [1.54, 1.807) is 30.3 Å². The Morgan fingerprint density at radius 3 is 2.56 bits per heavy atom. The predicted octanol–water partition coefficient (Wildman–Crippen LogP) is 3.03. The minimum absolute atomic E-state index is 0.105. The van der Waals surface area contributed by atoms with Crippen molar-refractivity contribution >= 4 is 11.9 Å². The van der Waals surface area contributed by atoms with E-state index in [1.165, 1.54) is 0 Å². The predicted molar refractivity (Wildman–Crippen MR) is 67.4 cm³/mol. The van der Waals surface area contributed by atoms with Gasteiger partial charge in [-0.2, -0.15) is 0 Å². The average molecular weight is 243 g/mol. The maximum Gasteiger partial charge on any atom is 0.310 e. The van der Waals surface area contributed by atoms with Crippen LogP contribution in [0.15, 0.2) is 40.3 Å². The zero-order valence-electron chi connectivity index (χ0n) is 10.2. The number of allylic oxidation sites excluding steroid dienone is 1. The minimum Gasteiger partial charge on any atom is -0.479 e. The topological polar surface area (TPSA) is 63.3 Å². The molecule has 18 heavy (non-hydrogen) atoms. The summed E-state index contributed by atoms with van der Waals surface area (Å²) in [5.74, 6) is -0.791. The summed E-state index contributed by atoms with van der Waals surface area (Å²) in [6, 6.07) is 8.67. The molecular formula is C14H13NO3. The van der Waals surface area contributed by atoms with E-state index in [1.807, 2.05) is 19.9 Å². The number of hydrogen-bond donors (Lipinski definition) is 1. The van der Waals surface area contributed by atoms with Crippen molar-refractivity contribution in [1.82, 2.24) is 4.98 Å². The van der Waals surface area contributed by atoms with Gasteiger partial charge < -0.3 is 9.52 Å². The van der Waals surface area contributed by atoms with E-state index in [4.69, 9.17) is 4.42 Å². The standard InChI is InChI=1S/C14H13NO3/c1-9(2)8-11-14(17)18-13(15-11)12(16)10-6-4-3-5-7-10/h3-8,17H,1-2H3. The molecule has 4 nitrogen and oxygen atoms in total. The Bertz CT molecular complexity index is 593. The lowest BCUT2D eigenvalue weighted by Crippen LogP contribution is -2.01. The van der Waals surface area contributed by atoms with Crippen LogP contribution in [-0.4, -0.2) is 15.9 Å². The van der Waals surface area contributed by atoms with Crippen molar-refractivity contribution in [2.45, 2.75) is 13.8 Å². The highest BCUT2D eigenvalue weighted by Gasteiger charge is 2.18. The minimum atomic E-state index is -0.348. The van der Waals surface area contributed by atoms with Crippen molar-refractivity contribution in [2.75, 3.05) is 0 Å². The molecule has 1 aromatic carbocycles. The van der Waals surface area contributed by atoms with Gasteiger partial charge in [-0.1, -0.05) is 35.9 Å². The van der Waals surface area contributed by atoms with E-state index in [0.717, 1.165) is 5.57 Å². The van der Waals surface area contributed by atoms with E-state index in [9.17, 15) is 9.90 Å². The first kappa shape index (κ1) is 12.1. The van der Waals surface area contributed by atoms with Crippen LogP contribution in [0.25, 0.3) is 6.08 Å². The van der Waals surface area contributed by atoms with Crippen LogP contribution >= 0.6 is 0 Å². The van der Waals surface area contributed by atoms with E-state index in [-0.39, 0.29) is 23.3 Å². The third kappa shape index (κ3) is 2.48. The molecule has 0 spiro atoms. The van der Waals surface area contributed by atoms with Gasteiger partial charge in [0.25, 0.3) is 5.89 Å². The van der Waals surface area contributed by atoms with Crippen molar-refractivity contribution in [3.63, 3.8) is 0 Å². The van der Waals surface area contributed by atoms with Gasteiger partial charge in [0.1, 0.15) is 5.69 Å². The van der Waals surface area contributed by atoms with Crippen LogP contribution in [0.2, 0.25) is 0 Å². The van der Waals surface area contributed by atoms with Crippen molar-refractivity contribution in [3.8, 4) is 5.95 Å². The first-order chi connectivity index (χ1) is 8.58. The normalized spacial score (nSPS) is 10.1. The van der Waals surface area contributed by atoms with Crippen molar-refractivity contribution in [1.29, 1.82) is 0 Å². The van der Waals surface area contributed by atoms with Gasteiger partial charge in [-0.15, -0.1) is 0 Å². The quantitative estimate of drug-likeness (QED) is 0.841. The van der Waals surface area contributed by atoms with E-state index in [0.29, 0.717) is 5.56 Å². The maximum absolute atomic E-state index is 12.0. The summed E-state index contributed by atoms with van der Waals surface area (Å²) in [4.78, 5) is 16.0. The first-order valence-corrected chi connectivity index (χ1v) is 5.52. The van der Waals surface area contributed by atoms with Crippen molar-refractivity contribution < 1.29 is 14.3 Å². The van der Waals surface area contributed by atoms with Crippen LogP contribution in [0.3, 0.4) is 0 Å². The van der Waals surface area contributed by atoms with Crippen LogP contribution in [0, 0.1) is 0 Å². The fourth-order valence-corrected chi connectivity index (χ4v) is 1.50. The zero-order chi connectivity index (χ0) is 13.1. The monoisotopic (exact) mass is 243 g/mol. The van der Waals surface area contributed by atoms with Gasteiger partial charge in [0.2, 0.25) is 5.78 Å². The molecule has 0 saturated heterocycles. The number of aromatic nitrogens is 1. The molecular weight excluding hydrogens is 230 g/mol. The molecule has 0 bridgehead atoms. The van der Waals surface area contributed by atoms with E-state index in [2.05, 4.69) is 4.98 Å². The van der Waals surface area contributed by atoms with Crippen molar-refractivity contribution in [2.24, 2.45) is 0 Å². The summed E-state index contributed by atoms with van der Waals surface area (Å²) in [7, 11) is 0. The highest BCUT2D eigenvalue weighted by molar-refractivity contribution is 6.06. The van der Waals surface area contributed by atoms with Gasteiger partial charge >= 0.3 is 5.95 Å². The van der Waals surface area contributed by atoms with Gasteiger partial charge in [-0.3, -0.25) is 4.79 Å². The van der Waals surface area contributed by atoms with Crippen LogP contribution in [0.1, 0.15) is 35.8 Å². The molecule has 0 aliphatic heterocycles. The summed E-state index contributed by atoms with van der Waals surface area (Å²) < 4.78 is 4.98. The number of carbonyl (C=O) groups excluding carboxylic acids is 1. The number of hydrogen-bond acceptors (Lipinski definition) is 4. The summed E-state index contributed by atoms with van der Waals surface area (Å²) in [6.07, 6.45) is 1.65. The Morgan fingerprint density at radius 2 is 1.94 bits per heavy atom. The Kier molecular flexibility index (Phi) is 3.28. The fraction of sp³-hybridized carbons (Fsp3) is 0.143. The lowest BCUT2D eigenvalue weighted by molar-refractivity contribution is 0.0996. The molecule has 0 radical (unpaired) electrons. The Balaban J connectivity index is 2.36. The van der Waals surface area contributed by atoms with Crippen LogP contribution < -0.4 is 0 Å². The summed E-state index contributed by atoms with van der Waals surface area (Å²) in [5.41, 5.74) is 1.70. The van der Waals surface area contributed by atoms with Crippen LogP contribution in [0.4, 0.5) is 0 Å². The molecule has 2 rings (SSSR count). The maximum atomic E-state index is 12.0. The second-order valence-corrected chi connectivity index (χ2v) is 4.13. The molecule has 0 saturated carbocycles. The molecule has 0 fully saturated rings. The molecule has 1 aromatic heterocycles. The number of aromatic hydroxyl groups is 1. The van der Waals surface area contributed by atoms with Crippen LogP contribution in [0.5, 0.6) is 5.95 Å². The lowest BCUT2D eigenvalue weighted by Gasteiger charge is -1.94. The van der Waals surface area contributed by atoms with Gasteiger partial charge in [0.05, 0.1) is 0 Å². The molecule has 0 unspecified atom stereocenters. The summed E-state index contributed by atoms with van der Waals surface area (Å²) in [6.45, 7) is 3.74. The van der Waals surface area contributed by atoms with Gasteiger partial charge in [0.15, 0.2) is 0 Å². The average Bonchev–Trinajstić information content (AvgIpc) is 2.70. The van der Waals surface area contributed by atoms with Crippen molar-refractivity contribution in [3.05, 3.63) is 53.1 Å². The first-order valence-electron chi connectivity index (χ1n) is 5.52. The summed E-state index contributed by atoms with van der Waals surface area (Å²) in [5, 5.41) is 9.55. The largest absolute Gasteiger partial charge is 0.479 e. The molecule has 4 heteroatoms. The Labute approximate surface area is 105 Å². The number of rotatable bonds is 3. The Morgan fingerprint density at radius 1 is 1.28 bits per heavy atom. The molecule has 2 aromatic rings. The Hall–Kier alpha value is -2.36. The van der Waals surface area contributed by atoms with E-state index >= 15 is 0 Å². The second kappa shape index (κ2) is 4.87. The number of nitrogens with zero attached hydrogens (tertiary/aromatic N) is 1. The molecule has 0 amide bonds. The van der Waals surface area contributed by atoms with Gasteiger partial charge in [-0.05, 0) is 19.9 Å².